The Morgan fingerprint density at radius 3 is 3.17 bits per heavy atom. The first-order valence-electron chi connectivity index (χ1n) is 4.45. The van der Waals surface area contributed by atoms with Crippen molar-refractivity contribution in [2.45, 2.75) is 25.8 Å². The Morgan fingerprint density at radius 2 is 2.58 bits per heavy atom. The second-order valence-electron chi connectivity index (χ2n) is 3.27. The van der Waals surface area contributed by atoms with Gasteiger partial charge >= 0.3 is 0 Å². The molecule has 1 fully saturated rings. The van der Waals surface area contributed by atoms with Gasteiger partial charge in [0.2, 0.25) is 0 Å². The summed E-state index contributed by atoms with van der Waals surface area (Å²) in [6, 6.07) is 0.514. The maximum atomic E-state index is 4.30. The summed E-state index contributed by atoms with van der Waals surface area (Å²) < 4.78 is 1.97. The van der Waals surface area contributed by atoms with Crippen LogP contribution >= 0.6 is 0 Å². The van der Waals surface area contributed by atoms with E-state index in [1.165, 1.54) is 12.8 Å². The van der Waals surface area contributed by atoms with Crippen LogP contribution in [0.3, 0.4) is 0 Å². The van der Waals surface area contributed by atoms with Gasteiger partial charge in [-0.25, -0.2) is 9.67 Å². The Hall–Kier alpha value is -0.900. The summed E-state index contributed by atoms with van der Waals surface area (Å²) in [6.45, 7) is 4.10. The van der Waals surface area contributed by atoms with E-state index >= 15 is 0 Å². The Balaban J connectivity index is 2.08. The predicted octanol–water partition coefficient (Wildman–Crippen LogP) is 0.511. The number of hydrogen-bond acceptors (Lipinski definition) is 3. The van der Waals surface area contributed by atoms with Crippen LogP contribution in [0.5, 0.6) is 0 Å². The average molecular weight is 166 g/mol. The second kappa shape index (κ2) is 3.23. The minimum atomic E-state index is 0.514. The molecule has 1 saturated heterocycles. The van der Waals surface area contributed by atoms with E-state index in [-0.39, 0.29) is 0 Å². The van der Waals surface area contributed by atoms with Crippen molar-refractivity contribution in [3.8, 4) is 0 Å². The Labute approximate surface area is 72.0 Å². The van der Waals surface area contributed by atoms with Crippen molar-refractivity contribution in [3.05, 3.63) is 12.2 Å². The SMILES string of the molecule is Cc1ncn([C@@H]2CCCNC2)n1. The summed E-state index contributed by atoms with van der Waals surface area (Å²) in [6.07, 6.45) is 4.28. The molecule has 2 heterocycles. The fraction of sp³-hybridized carbons (Fsp3) is 0.750. The van der Waals surface area contributed by atoms with E-state index in [9.17, 15) is 0 Å². The molecule has 0 radical (unpaired) electrons. The zero-order valence-electron chi connectivity index (χ0n) is 7.32. The standard InChI is InChI=1S/C8H14N4/c1-7-10-6-12(11-7)8-3-2-4-9-5-8/h6,8-9H,2-5H2,1H3/t8-/m1/s1. The Kier molecular flexibility index (Phi) is 2.08. The maximum absolute atomic E-state index is 4.30. The van der Waals surface area contributed by atoms with E-state index in [0.717, 1.165) is 18.9 Å². The lowest BCUT2D eigenvalue weighted by Crippen LogP contribution is -2.31. The Bertz CT molecular complexity index is 249. The summed E-state index contributed by atoms with van der Waals surface area (Å²) in [5.41, 5.74) is 0. The smallest absolute Gasteiger partial charge is 0.147 e. The highest BCUT2D eigenvalue weighted by molar-refractivity contribution is 4.81. The molecule has 1 atom stereocenters. The van der Waals surface area contributed by atoms with Gasteiger partial charge in [-0.1, -0.05) is 0 Å². The van der Waals surface area contributed by atoms with Crippen LogP contribution in [-0.2, 0) is 0 Å². The Morgan fingerprint density at radius 1 is 1.67 bits per heavy atom. The van der Waals surface area contributed by atoms with Crippen LogP contribution in [0.4, 0.5) is 0 Å². The van der Waals surface area contributed by atoms with Crippen LogP contribution in [0.25, 0.3) is 0 Å². The van der Waals surface area contributed by atoms with Crippen molar-refractivity contribution in [1.29, 1.82) is 0 Å². The minimum Gasteiger partial charge on any atom is -0.315 e. The van der Waals surface area contributed by atoms with E-state index in [2.05, 4.69) is 15.4 Å². The van der Waals surface area contributed by atoms with Gasteiger partial charge < -0.3 is 5.32 Å². The van der Waals surface area contributed by atoms with Crippen molar-refractivity contribution in [3.63, 3.8) is 0 Å². The summed E-state index contributed by atoms with van der Waals surface area (Å²) in [5, 5.41) is 7.65. The monoisotopic (exact) mass is 166 g/mol. The van der Waals surface area contributed by atoms with Crippen molar-refractivity contribution >= 4 is 0 Å². The molecule has 4 heteroatoms. The van der Waals surface area contributed by atoms with Gasteiger partial charge in [-0.3, -0.25) is 0 Å². The van der Waals surface area contributed by atoms with E-state index in [0.29, 0.717) is 6.04 Å². The summed E-state index contributed by atoms with van der Waals surface area (Å²) >= 11 is 0. The number of nitrogens with zero attached hydrogens (tertiary/aromatic N) is 3. The average Bonchev–Trinajstić information content (AvgIpc) is 2.54. The third-order valence-corrected chi connectivity index (χ3v) is 2.27. The van der Waals surface area contributed by atoms with Crippen LogP contribution in [0, 0.1) is 6.92 Å². The van der Waals surface area contributed by atoms with E-state index < -0.39 is 0 Å². The topological polar surface area (TPSA) is 42.7 Å². The molecule has 0 aliphatic carbocycles. The van der Waals surface area contributed by atoms with Crippen LogP contribution in [0.1, 0.15) is 24.7 Å². The van der Waals surface area contributed by atoms with Gasteiger partial charge in [0, 0.05) is 6.54 Å². The molecule has 0 unspecified atom stereocenters. The molecule has 1 aromatic heterocycles. The first-order chi connectivity index (χ1) is 5.86. The van der Waals surface area contributed by atoms with Gasteiger partial charge in [-0.2, -0.15) is 5.10 Å². The number of hydrogen-bond donors (Lipinski definition) is 1. The number of nitrogens with one attached hydrogen (secondary N) is 1. The van der Waals surface area contributed by atoms with Crippen molar-refractivity contribution in [2.24, 2.45) is 0 Å². The van der Waals surface area contributed by atoms with Gasteiger partial charge in [0.15, 0.2) is 0 Å². The molecule has 12 heavy (non-hydrogen) atoms. The van der Waals surface area contributed by atoms with Crippen molar-refractivity contribution in [2.75, 3.05) is 13.1 Å². The molecular formula is C8H14N4. The fourth-order valence-corrected chi connectivity index (χ4v) is 1.60. The fourth-order valence-electron chi connectivity index (χ4n) is 1.60. The lowest BCUT2D eigenvalue weighted by atomic mass is 10.1. The largest absolute Gasteiger partial charge is 0.315 e. The van der Waals surface area contributed by atoms with Crippen LogP contribution < -0.4 is 5.32 Å². The minimum absolute atomic E-state index is 0.514. The van der Waals surface area contributed by atoms with E-state index in [1.807, 2.05) is 17.9 Å². The highest BCUT2D eigenvalue weighted by Gasteiger charge is 2.15. The van der Waals surface area contributed by atoms with Gasteiger partial charge in [-0.15, -0.1) is 0 Å². The van der Waals surface area contributed by atoms with Gasteiger partial charge in [-0.05, 0) is 26.3 Å². The molecule has 0 bridgehead atoms. The zero-order chi connectivity index (χ0) is 8.39. The van der Waals surface area contributed by atoms with E-state index in [4.69, 9.17) is 0 Å². The molecule has 1 aliphatic rings. The normalized spacial score (nSPS) is 24.2. The van der Waals surface area contributed by atoms with Gasteiger partial charge in [0.25, 0.3) is 0 Å². The molecule has 1 aromatic rings. The molecule has 4 nitrogen and oxygen atoms in total. The predicted molar refractivity (Wildman–Crippen MR) is 45.9 cm³/mol. The molecule has 66 valence electrons. The molecule has 0 saturated carbocycles. The highest BCUT2D eigenvalue weighted by Crippen LogP contribution is 2.14. The number of aromatic nitrogens is 3. The van der Waals surface area contributed by atoms with Crippen molar-refractivity contribution in [1.82, 2.24) is 20.1 Å². The number of rotatable bonds is 1. The molecule has 1 N–H and O–H groups in total. The summed E-state index contributed by atoms with van der Waals surface area (Å²) in [4.78, 5) is 4.12. The zero-order valence-corrected chi connectivity index (χ0v) is 7.32. The van der Waals surface area contributed by atoms with Gasteiger partial charge in [0.05, 0.1) is 6.04 Å². The van der Waals surface area contributed by atoms with Crippen LogP contribution in [-0.4, -0.2) is 27.9 Å². The van der Waals surface area contributed by atoms with E-state index in [1.54, 1.807) is 0 Å². The quantitative estimate of drug-likeness (QED) is 0.661. The number of piperidine rings is 1. The molecular weight excluding hydrogens is 152 g/mol. The molecule has 0 aromatic carbocycles. The van der Waals surface area contributed by atoms with Gasteiger partial charge in [0.1, 0.15) is 12.2 Å². The maximum Gasteiger partial charge on any atom is 0.147 e. The molecule has 0 amide bonds. The molecule has 1 aliphatic heterocycles. The third kappa shape index (κ3) is 1.48. The molecule has 0 spiro atoms. The number of aryl methyl sites for hydroxylation is 1. The van der Waals surface area contributed by atoms with Crippen molar-refractivity contribution < 1.29 is 0 Å². The first-order valence-corrected chi connectivity index (χ1v) is 4.45. The third-order valence-electron chi connectivity index (χ3n) is 2.27. The van der Waals surface area contributed by atoms with Crippen LogP contribution in [0.2, 0.25) is 0 Å². The highest BCUT2D eigenvalue weighted by atomic mass is 15.3. The summed E-state index contributed by atoms with van der Waals surface area (Å²) in [5.74, 6) is 0.862. The molecule has 2 rings (SSSR count). The first kappa shape index (κ1) is 7.73. The lowest BCUT2D eigenvalue weighted by Gasteiger charge is -2.22. The van der Waals surface area contributed by atoms with Crippen LogP contribution in [0.15, 0.2) is 6.33 Å². The summed E-state index contributed by atoms with van der Waals surface area (Å²) in [7, 11) is 0. The lowest BCUT2D eigenvalue weighted by molar-refractivity contribution is 0.345. The second-order valence-corrected chi connectivity index (χ2v) is 3.27.